The van der Waals surface area contributed by atoms with Crippen LogP contribution >= 0.6 is 56.7 Å². The molecule has 4 aliphatic heterocycles. The van der Waals surface area contributed by atoms with E-state index >= 15 is 9.59 Å². The summed E-state index contributed by atoms with van der Waals surface area (Å²) in [7, 11) is 4.89. The highest BCUT2D eigenvalue weighted by Crippen LogP contribution is 2.43. The van der Waals surface area contributed by atoms with E-state index < -0.39 is 127 Å². The number of cyclic esters (lactones) is 2. The van der Waals surface area contributed by atoms with Crippen molar-refractivity contribution in [2.75, 3.05) is 27.8 Å². The number of halogens is 1. The molecule has 0 spiro atoms. The SMILES string of the molecule is CO/C(C)=C1/NC(=O)C(C(C)O)NC(=O)c2csc(n2)-c2cc(O)c(-c3nc(C(=O)NCc4ccc(F)cc4)cs3)nc2-c2csc(n2)C2COC(=O)c3[nH]c4cccc5c4c3COC(C(OC3CC(C)(O)C(N(C)C)C(C)O3)C(=O)OC5)C(NC(=O)c3csc1n3)c1nc(cs1)C(=O)N2. The predicted molar refractivity (Wildman–Crippen MR) is 361 cm³/mol. The Kier molecular flexibility index (Phi) is 19.6. The van der Waals surface area contributed by atoms with Crippen molar-refractivity contribution in [2.45, 2.75) is 114 Å². The standard InChI is InChI=1S/C65H62FN13O16S5/c1-26(80)44-57(86)77-45(27(2)90-7)60-73-40(25-98-60)56(85)78-49-50-51(95-42-16-65(4,89)52(79(5)6)28(3)94-42)64(88)92-18-30-9-8-10-34-43(30)33(19-91-50)47(68-34)63(87)93-20-35(69-54(83)38-24-100-62(49)74-38)59-70-36(21-97-59)46-32(58-71-39(23-96-58)55(84)76-44)15-41(81)48(75-46)61-72-37(22-99-61)53(82)67-17-29-11-13-31(66)14-12-29/h8-15,21-26,28,35,42,44,49-52,68,80-81,89H,16-20H2,1-7H3,(H,67,82)(H,69,83)(H,76,84)(H,77,86)(H,78,85)/b45-27+. The molecule has 4 aliphatic rings. The van der Waals surface area contributed by atoms with Crippen molar-refractivity contribution in [3.63, 3.8) is 0 Å². The van der Waals surface area contributed by atoms with E-state index in [2.05, 4.69) is 46.5 Å². The lowest BCUT2D eigenvalue weighted by Gasteiger charge is -2.48. The molecule has 35 heteroatoms. The smallest absolute Gasteiger partial charge is 0.355 e. The van der Waals surface area contributed by atoms with E-state index in [9.17, 15) is 43.7 Å². The molecular formula is C65H62FN13O16S5. The molecule has 7 aromatic heterocycles. The van der Waals surface area contributed by atoms with Crippen LogP contribution in [0.2, 0.25) is 0 Å². The van der Waals surface area contributed by atoms with Crippen molar-refractivity contribution < 1.29 is 81.7 Å². The quantitative estimate of drug-likeness (QED) is 0.0548. The molecule has 10 unspecified atom stereocenters. The van der Waals surface area contributed by atoms with Gasteiger partial charge in [0.2, 0.25) is 5.91 Å². The van der Waals surface area contributed by atoms with Crippen LogP contribution in [0.3, 0.4) is 0 Å². The number of carbonyl (C=O) groups excluding carboxylic acids is 7. The number of aromatic nitrogens is 7. The van der Waals surface area contributed by atoms with Gasteiger partial charge in [-0.1, -0.05) is 24.3 Å². The minimum Gasteiger partial charge on any atom is -0.506 e. The molecule has 0 saturated carbocycles. The number of carbonyl (C=O) groups is 7. The van der Waals surface area contributed by atoms with E-state index in [1.54, 1.807) is 56.4 Å². The Bertz CT molecular complexity index is 4730. The summed E-state index contributed by atoms with van der Waals surface area (Å²) in [6, 6.07) is 6.91. The zero-order valence-corrected chi connectivity index (χ0v) is 58.0. The van der Waals surface area contributed by atoms with E-state index in [1.165, 1.54) is 72.8 Å². The van der Waals surface area contributed by atoms with E-state index in [0.717, 1.165) is 56.7 Å². The number of H-pyrrole nitrogens is 1. The van der Waals surface area contributed by atoms with Gasteiger partial charge in [-0.05, 0) is 77.2 Å². The van der Waals surface area contributed by atoms with Crippen molar-refractivity contribution in [3.8, 4) is 38.4 Å². The van der Waals surface area contributed by atoms with Gasteiger partial charge in [0.1, 0.15) is 131 Å². The Hall–Kier alpha value is -9.40. The van der Waals surface area contributed by atoms with Gasteiger partial charge in [0.05, 0.1) is 37.6 Å². The minimum atomic E-state index is -1.85. The molecule has 29 nitrogen and oxygen atoms in total. The lowest BCUT2D eigenvalue weighted by atomic mass is 9.85. The maximum atomic E-state index is 15.2. The van der Waals surface area contributed by atoms with Crippen LogP contribution in [0.4, 0.5) is 4.39 Å². The zero-order chi connectivity index (χ0) is 70.6. The Morgan fingerprint density at radius 3 is 2.24 bits per heavy atom. The van der Waals surface area contributed by atoms with Gasteiger partial charge in [-0.2, -0.15) is 0 Å². The largest absolute Gasteiger partial charge is 0.506 e. The maximum Gasteiger partial charge on any atom is 0.355 e. The second-order valence-corrected chi connectivity index (χ2v) is 28.6. The Labute approximate surface area is 587 Å². The first kappa shape index (κ1) is 69.1. The number of allylic oxidation sites excluding steroid dienone is 1. The van der Waals surface area contributed by atoms with Crippen molar-refractivity contribution >= 4 is 115 Å². The molecule has 11 heterocycles. The van der Waals surface area contributed by atoms with Crippen LogP contribution < -0.4 is 26.6 Å². The minimum absolute atomic E-state index is 0.00900. The number of ether oxygens (including phenoxy) is 6. The van der Waals surface area contributed by atoms with E-state index in [1.807, 2.05) is 0 Å². The number of rotatable bonds is 9. The molecule has 5 amide bonds. The number of pyridine rings is 1. The number of methoxy groups -OCH3 is 1. The van der Waals surface area contributed by atoms with Gasteiger partial charge in [0, 0.05) is 61.9 Å². The highest BCUT2D eigenvalue weighted by atomic mass is 32.1. The van der Waals surface area contributed by atoms with E-state index in [0.29, 0.717) is 22.0 Å². The topological polar surface area (TPSA) is 392 Å². The highest BCUT2D eigenvalue weighted by Gasteiger charge is 2.50. The molecule has 0 aliphatic carbocycles. The van der Waals surface area contributed by atoms with Crippen molar-refractivity contribution in [1.82, 2.24) is 66.4 Å². The molecule has 100 heavy (non-hydrogen) atoms. The number of fused-ring (bicyclic) bond motifs is 15. The lowest BCUT2D eigenvalue weighted by molar-refractivity contribution is -0.280. The number of aliphatic hydroxyl groups excluding tert-OH is 1. The van der Waals surface area contributed by atoms with Gasteiger partial charge in [-0.3, -0.25) is 24.0 Å². The number of hydrogen-bond donors (Lipinski definition) is 9. The molecule has 10 atom stereocenters. The fourth-order valence-electron chi connectivity index (χ4n) is 12.2. The van der Waals surface area contributed by atoms with Gasteiger partial charge >= 0.3 is 11.9 Å². The fourth-order valence-corrected chi connectivity index (χ4v) is 16.4. The van der Waals surface area contributed by atoms with E-state index in [4.69, 9.17) is 43.4 Å². The van der Waals surface area contributed by atoms with E-state index in [-0.39, 0.29) is 113 Å². The second-order valence-electron chi connectivity index (χ2n) is 24.2. The molecular weight excluding hydrogens is 1400 g/mol. The zero-order valence-electron chi connectivity index (χ0n) is 53.9. The summed E-state index contributed by atoms with van der Waals surface area (Å²) >= 11 is 4.74. The van der Waals surface area contributed by atoms with Crippen LogP contribution in [0.1, 0.15) is 130 Å². The number of aromatic amines is 1. The van der Waals surface area contributed by atoms with Crippen LogP contribution in [0.5, 0.6) is 5.75 Å². The first-order valence-corrected chi connectivity index (χ1v) is 35.3. The molecule has 9 aromatic rings. The van der Waals surface area contributed by atoms with Gasteiger partial charge in [0.15, 0.2) is 12.4 Å². The highest BCUT2D eigenvalue weighted by molar-refractivity contribution is 7.14. The first-order chi connectivity index (χ1) is 47.9. The predicted octanol–water partition coefficient (Wildman–Crippen LogP) is 6.52. The molecule has 12 bridgehead atoms. The third-order valence-corrected chi connectivity index (χ3v) is 21.5. The Morgan fingerprint density at radius 1 is 0.820 bits per heavy atom. The van der Waals surface area contributed by atoms with Crippen LogP contribution in [-0.4, -0.2) is 173 Å². The number of hydrogen-bond acceptors (Lipinski definition) is 28. The first-order valence-electron chi connectivity index (χ1n) is 30.9. The number of nitrogens with zero attached hydrogens (tertiary/aromatic N) is 7. The van der Waals surface area contributed by atoms with Gasteiger partial charge in [-0.25, -0.2) is 43.9 Å². The number of likely N-dealkylation sites (N-methyl/N-ethyl adjacent to an activating group) is 1. The second kappa shape index (κ2) is 28.3. The summed E-state index contributed by atoms with van der Waals surface area (Å²) in [5.41, 5.74) is -0.526. The van der Waals surface area contributed by atoms with Crippen LogP contribution in [0, 0.1) is 5.82 Å². The molecule has 1 fully saturated rings. The van der Waals surface area contributed by atoms with Crippen LogP contribution in [0.25, 0.3) is 49.3 Å². The monoisotopic (exact) mass is 1460 g/mol. The molecule has 2 aromatic carbocycles. The Balaban J connectivity index is 0.961. The number of esters is 2. The summed E-state index contributed by atoms with van der Waals surface area (Å²) in [5, 5.41) is 56.9. The number of amides is 5. The van der Waals surface area contributed by atoms with Gasteiger partial charge in [-0.15, -0.1) is 56.7 Å². The number of thiazole rings is 5. The summed E-state index contributed by atoms with van der Waals surface area (Å²) in [6.07, 6.45) is -7.28. The summed E-state index contributed by atoms with van der Waals surface area (Å²) in [5.74, 6) is -6.92. The third kappa shape index (κ3) is 14.0. The number of aliphatic hydroxyl groups is 2. The van der Waals surface area contributed by atoms with Gasteiger partial charge in [0.25, 0.3) is 23.6 Å². The maximum absolute atomic E-state index is 15.2. The average Bonchev–Trinajstić information content (AvgIpc) is 1.51. The molecule has 1 saturated heterocycles. The summed E-state index contributed by atoms with van der Waals surface area (Å²) < 4.78 is 51.6. The van der Waals surface area contributed by atoms with Crippen LogP contribution in [-0.2, 0) is 57.8 Å². The molecule has 0 radical (unpaired) electrons. The average molecular weight is 1460 g/mol. The summed E-state index contributed by atoms with van der Waals surface area (Å²) in [4.78, 5) is 136. The van der Waals surface area contributed by atoms with Crippen LogP contribution in [0.15, 0.2) is 81.2 Å². The third-order valence-electron chi connectivity index (χ3n) is 17.0. The molecule has 13 rings (SSSR count). The molecule has 520 valence electrons. The van der Waals surface area contributed by atoms with Gasteiger partial charge < -0.3 is 80.2 Å². The lowest BCUT2D eigenvalue weighted by Crippen LogP contribution is -2.62. The fraction of sp³-hybridized carbons (Fsp3) is 0.338. The normalized spacial score (nSPS) is 23.8. The van der Waals surface area contributed by atoms with Crippen molar-refractivity contribution in [1.29, 1.82) is 0 Å². The van der Waals surface area contributed by atoms with Crippen molar-refractivity contribution in [2.24, 2.45) is 0 Å². The van der Waals surface area contributed by atoms with Crippen molar-refractivity contribution in [3.05, 3.63) is 147 Å². The number of nitrogens with one attached hydrogen (secondary N) is 6. The Morgan fingerprint density at radius 2 is 1.50 bits per heavy atom. The number of benzene rings is 2. The summed E-state index contributed by atoms with van der Waals surface area (Å²) in [6.45, 7) is 4.75. The molecule has 9 N–H and O–H groups in total. The number of aromatic hydroxyl groups is 1.